The van der Waals surface area contributed by atoms with Crippen LogP contribution in [-0.2, 0) is 0 Å². The van der Waals surface area contributed by atoms with Crippen LogP contribution in [0.4, 0.5) is 0 Å². The number of hydrogen-bond acceptors (Lipinski definition) is 2. The minimum atomic E-state index is 0.106. The highest BCUT2D eigenvalue weighted by Gasteiger charge is 2.24. The Kier molecular flexibility index (Phi) is 1.73. The summed E-state index contributed by atoms with van der Waals surface area (Å²) in [7, 11) is 0. The molecule has 1 aliphatic carbocycles. The van der Waals surface area contributed by atoms with E-state index in [1.165, 1.54) is 0 Å². The van der Waals surface area contributed by atoms with Gasteiger partial charge in [-0.05, 0) is 5.56 Å². The second kappa shape index (κ2) is 3.26. The van der Waals surface area contributed by atoms with Crippen LogP contribution in [0.5, 0.6) is 0 Å². The molecule has 4 rings (SSSR count). The molecule has 1 aromatic heterocycles. The van der Waals surface area contributed by atoms with Crippen molar-refractivity contribution in [2.24, 2.45) is 0 Å². The third kappa shape index (κ3) is 1.07. The highest BCUT2D eigenvalue weighted by Crippen LogP contribution is 2.38. The predicted octanol–water partition coefficient (Wildman–Crippen LogP) is 3.45. The zero-order valence-electron chi connectivity index (χ0n) is 9.55. The van der Waals surface area contributed by atoms with Gasteiger partial charge < -0.3 is 0 Å². The molecule has 2 nitrogen and oxygen atoms in total. The number of ketones is 1. The van der Waals surface area contributed by atoms with Gasteiger partial charge in [0.2, 0.25) is 0 Å². The third-order valence-electron chi connectivity index (χ3n) is 3.49. The summed E-state index contributed by atoms with van der Waals surface area (Å²) in [6.07, 6.45) is 3.65. The van der Waals surface area contributed by atoms with Crippen molar-refractivity contribution >= 4 is 16.6 Å². The maximum atomic E-state index is 12.5. The molecule has 0 fully saturated rings. The van der Waals surface area contributed by atoms with E-state index in [9.17, 15) is 4.79 Å². The van der Waals surface area contributed by atoms with Crippen LogP contribution in [0, 0.1) is 0 Å². The minimum absolute atomic E-state index is 0.106. The monoisotopic (exact) mass is 231 g/mol. The molecule has 0 amide bonds. The van der Waals surface area contributed by atoms with Gasteiger partial charge in [-0.25, -0.2) is 0 Å². The van der Waals surface area contributed by atoms with E-state index in [0.29, 0.717) is 0 Å². The zero-order valence-corrected chi connectivity index (χ0v) is 9.55. The Hall–Kier alpha value is -2.48. The predicted molar refractivity (Wildman–Crippen MR) is 70.6 cm³/mol. The lowest BCUT2D eigenvalue weighted by molar-refractivity contribution is 0.104. The molecular weight excluding hydrogens is 222 g/mol. The normalized spacial score (nSPS) is 12.6. The van der Waals surface area contributed by atoms with E-state index >= 15 is 0 Å². The molecule has 3 aromatic rings. The number of carbonyl (C=O) groups excluding carboxylic acids is 1. The molecule has 1 aliphatic rings. The zero-order chi connectivity index (χ0) is 12.1. The van der Waals surface area contributed by atoms with Crippen molar-refractivity contribution in [1.82, 2.24) is 4.98 Å². The molecule has 0 spiro atoms. The summed E-state index contributed by atoms with van der Waals surface area (Å²) < 4.78 is 0. The van der Waals surface area contributed by atoms with Crippen molar-refractivity contribution in [2.75, 3.05) is 0 Å². The number of benzene rings is 2. The molecule has 1 heterocycles. The first kappa shape index (κ1) is 9.54. The van der Waals surface area contributed by atoms with Gasteiger partial charge in [0, 0.05) is 39.9 Å². The van der Waals surface area contributed by atoms with E-state index in [1.807, 2.05) is 54.9 Å². The molecular formula is C16H9NO. The van der Waals surface area contributed by atoms with Gasteiger partial charge in [0.05, 0.1) is 0 Å². The topological polar surface area (TPSA) is 30.0 Å². The van der Waals surface area contributed by atoms with Crippen molar-refractivity contribution < 1.29 is 4.79 Å². The van der Waals surface area contributed by atoms with Crippen molar-refractivity contribution in [1.29, 1.82) is 0 Å². The number of rotatable bonds is 0. The van der Waals surface area contributed by atoms with E-state index in [4.69, 9.17) is 0 Å². The van der Waals surface area contributed by atoms with Crippen LogP contribution in [0.3, 0.4) is 0 Å². The fourth-order valence-corrected chi connectivity index (χ4v) is 2.69. The molecule has 0 bridgehead atoms. The first-order valence-electron chi connectivity index (χ1n) is 5.87. The second-order valence-corrected chi connectivity index (χ2v) is 4.47. The Morgan fingerprint density at radius 2 is 1.50 bits per heavy atom. The molecule has 84 valence electrons. The maximum absolute atomic E-state index is 12.5. The van der Waals surface area contributed by atoms with Gasteiger partial charge in [0.25, 0.3) is 0 Å². The van der Waals surface area contributed by atoms with Gasteiger partial charge >= 0.3 is 0 Å². The largest absolute Gasteiger partial charge is 0.289 e. The fourth-order valence-electron chi connectivity index (χ4n) is 2.69. The van der Waals surface area contributed by atoms with Gasteiger partial charge in [0.1, 0.15) is 0 Å². The van der Waals surface area contributed by atoms with E-state index in [2.05, 4.69) is 4.98 Å². The van der Waals surface area contributed by atoms with Crippen LogP contribution >= 0.6 is 0 Å². The van der Waals surface area contributed by atoms with E-state index in [0.717, 1.165) is 33.0 Å². The second-order valence-electron chi connectivity index (χ2n) is 4.47. The smallest absolute Gasteiger partial charge is 0.194 e. The average Bonchev–Trinajstić information content (AvgIpc) is 2.44. The van der Waals surface area contributed by atoms with Crippen LogP contribution in [0.15, 0.2) is 54.9 Å². The summed E-state index contributed by atoms with van der Waals surface area (Å²) in [5.74, 6) is 0.106. The number of aromatic nitrogens is 1. The van der Waals surface area contributed by atoms with Gasteiger partial charge in [-0.2, -0.15) is 0 Å². The van der Waals surface area contributed by atoms with Crippen molar-refractivity contribution in [3.63, 3.8) is 0 Å². The Bertz CT molecular complexity index is 800. The van der Waals surface area contributed by atoms with Crippen LogP contribution in [0.2, 0.25) is 0 Å². The lowest BCUT2D eigenvalue weighted by atomic mass is 9.84. The first-order chi connectivity index (χ1) is 8.86. The number of pyridine rings is 1. The molecule has 2 aromatic carbocycles. The number of carbonyl (C=O) groups is 1. The standard InChI is InChI=1S/C16H9NO/c18-16-12-6-2-1-5-11(12)14-9-17-8-10-4-3-7-13(16)15(10)14/h1-9H. The third-order valence-corrected chi connectivity index (χ3v) is 3.49. The maximum Gasteiger partial charge on any atom is 0.194 e. The number of fused-ring (bicyclic) bond motifs is 2. The van der Waals surface area contributed by atoms with E-state index in [-0.39, 0.29) is 5.78 Å². The first-order valence-corrected chi connectivity index (χ1v) is 5.87. The SMILES string of the molecule is O=C1c2ccccc2-c2cncc3cccc1c23. The Balaban J connectivity index is 2.28. The Morgan fingerprint density at radius 3 is 2.39 bits per heavy atom. The minimum Gasteiger partial charge on any atom is -0.289 e. The Morgan fingerprint density at radius 1 is 0.722 bits per heavy atom. The summed E-state index contributed by atoms with van der Waals surface area (Å²) in [5.41, 5.74) is 3.59. The van der Waals surface area contributed by atoms with E-state index in [1.54, 1.807) is 0 Å². The molecule has 0 saturated heterocycles. The number of nitrogens with zero attached hydrogens (tertiary/aromatic N) is 1. The molecule has 0 unspecified atom stereocenters. The van der Waals surface area contributed by atoms with Gasteiger partial charge in [0.15, 0.2) is 5.78 Å². The molecule has 0 atom stereocenters. The summed E-state index contributed by atoms with van der Waals surface area (Å²) in [6, 6.07) is 13.5. The molecule has 0 N–H and O–H groups in total. The van der Waals surface area contributed by atoms with Gasteiger partial charge in [-0.3, -0.25) is 9.78 Å². The quantitative estimate of drug-likeness (QED) is 0.464. The lowest BCUT2D eigenvalue weighted by Gasteiger charge is -2.18. The molecule has 0 radical (unpaired) electrons. The molecule has 2 heteroatoms. The van der Waals surface area contributed by atoms with Crippen LogP contribution < -0.4 is 0 Å². The van der Waals surface area contributed by atoms with E-state index < -0.39 is 0 Å². The van der Waals surface area contributed by atoms with Crippen LogP contribution in [-0.4, -0.2) is 10.8 Å². The molecule has 18 heavy (non-hydrogen) atoms. The molecule has 0 aliphatic heterocycles. The lowest BCUT2D eigenvalue weighted by Crippen LogP contribution is -2.09. The summed E-state index contributed by atoms with van der Waals surface area (Å²) in [5, 5.41) is 2.05. The highest BCUT2D eigenvalue weighted by atomic mass is 16.1. The fraction of sp³-hybridized carbons (Fsp3) is 0. The average molecular weight is 231 g/mol. The summed E-state index contributed by atoms with van der Waals surface area (Å²) in [6.45, 7) is 0. The van der Waals surface area contributed by atoms with Gasteiger partial charge in [-0.15, -0.1) is 0 Å². The van der Waals surface area contributed by atoms with Crippen molar-refractivity contribution in [3.8, 4) is 11.1 Å². The van der Waals surface area contributed by atoms with Crippen LogP contribution in [0.25, 0.3) is 21.9 Å². The highest BCUT2D eigenvalue weighted by molar-refractivity contribution is 6.25. The number of hydrogen-bond donors (Lipinski definition) is 0. The van der Waals surface area contributed by atoms with Crippen molar-refractivity contribution in [3.05, 3.63) is 66.0 Å². The van der Waals surface area contributed by atoms with Gasteiger partial charge in [-0.1, -0.05) is 42.5 Å². The Labute approximate surface area is 104 Å². The summed E-state index contributed by atoms with van der Waals surface area (Å²) >= 11 is 0. The van der Waals surface area contributed by atoms with Crippen LogP contribution in [0.1, 0.15) is 15.9 Å². The molecule has 0 saturated carbocycles. The van der Waals surface area contributed by atoms with Crippen molar-refractivity contribution in [2.45, 2.75) is 0 Å². The summed E-state index contributed by atoms with van der Waals surface area (Å²) in [4.78, 5) is 16.7.